The van der Waals surface area contributed by atoms with E-state index in [2.05, 4.69) is 5.32 Å². The Morgan fingerprint density at radius 3 is 2.40 bits per heavy atom. The van der Waals surface area contributed by atoms with Crippen molar-refractivity contribution in [2.24, 2.45) is 0 Å². The number of hydrogen-bond donors (Lipinski definition) is 1. The van der Waals surface area contributed by atoms with E-state index < -0.39 is 0 Å². The fourth-order valence-corrected chi connectivity index (χ4v) is 2.99. The quantitative estimate of drug-likeness (QED) is 0.435. The molecule has 0 fully saturated rings. The monoisotopic (exact) mass is 330 g/mol. The van der Waals surface area contributed by atoms with Crippen LogP contribution in [0.1, 0.15) is 0 Å². The van der Waals surface area contributed by atoms with Gasteiger partial charge >= 0.3 is 5.63 Å². The molecule has 4 aromatic rings. The standard InChI is InChI=1S/C21H18N2O2/c1-23(2)16-10-8-15(9-11-16)22-19-13-20(24)25-21-17-6-4-3-5-14(17)7-12-18(19)21/h3-13,22H,1-2H3. The molecule has 4 nitrogen and oxygen atoms in total. The molecule has 0 amide bonds. The molecule has 0 atom stereocenters. The molecule has 0 aliphatic rings. The van der Waals surface area contributed by atoms with Gasteiger partial charge in [0.25, 0.3) is 0 Å². The minimum atomic E-state index is -0.365. The normalized spacial score (nSPS) is 11.0. The van der Waals surface area contributed by atoms with Gasteiger partial charge in [0.1, 0.15) is 5.58 Å². The summed E-state index contributed by atoms with van der Waals surface area (Å²) >= 11 is 0. The first kappa shape index (κ1) is 15.3. The maximum absolute atomic E-state index is 12.1. The number of rotatable bonds is 3. The van der Waals surface area contributed by atoms with Crippen LogP contribution in [0.4, 0.5) is 17.1 Å². The van der Waals surface area contributed by atoms with E-state index in [0.717, 1.165) is 33.2 Å². The van der Waals surface area contributed by atoms with Crippen LogP contribution < -0.4 is 15.8 Å². The molecule has 0 unspecified atom stereocenters. The predicted molar refractivity (Wildman–Crippen MR) is 104 cm³/mol. The first-order valence-electron chi connectivity index (χ1n) is 8.12. The Labute approximate surface area is 145 Å². The highest BCUT2D eigenvalue weighted by Crippen LogP contribution is 2.30. The Hall–Kier alpha value is -3.27. The van der Waals surface area contributed by atoms with Gasteiger partial charge in [0.05, 0.1) is 5.69 Å². The number of fused-ring (bicyclic) bond motifs is 3. The van der Waals surface area contributed by atoms with Crippen molar-refractivity contribution < 1.29 is 4.42 Å². The molecule has 0 saturated carbocycles. The number of hydrogen-bond acceptors (Lipinski definition) is 4. The largest absolute Gasteiger partial charge is 0.422 e. The molecular formula is C21H18N2O2. The molecule has 4 rings (SSSR count). The van der Waals surface area contributed by atoms with Gasteiger partial charge in [0.2, 0.25) is 0 Å². The minimum Gasteiger partial charge on any atom is -0.422 e. The first-order chi connectivity index (χ1) is 12.1. The van der Waals surface area contributed by atoms with Crippen molar-refractivity contribution in [2.45, 2.75) is 0 Å². The molecule has 0 aliphatic heterocycles. The van der Waals surface area contributed by atoms with Gasteiger partial charge in [-0.05, 0) is 35.7 Å². The van der Waals surface area contributed by atoms with E-state index >= 15 is 0 Å². The van der Waals surface area contributed by atoms with Crippen molar-refractivity contribution in [3.05, 3.63) is 77.2 Å². The molecule has 0 bridgehead atoms. The SMILES string of the molecule is CN(C)c1ccc(Nc2cc(=O)oc3c2ccc2ccccc23)cc1. The van der Waals surface area contributed by atoms with E-state index in [9.17, 15) is 4.79 Å². The summed E-state index contributed by atoms with van der Waals surface area (Å²) in [6.45, 7) is 0. The third-order valence-electron chi connectivity index (χ3n) is 4.30. The average Bonchev–Trinajstić information content (AvgIpc) is 2.62. The van der Waals surface area contributed by atoms with E-state index in [1.165, 1.54) is 6.07 Å². The van der Waals surface area contributed by atoms with E-state index in [-0.39, 0.29) is 5.63 Å². The smallest absolute Gasteiger partial charge is 0.338 e. The highest BCUT2D eigenvalue weighted by molar-refractivity contribution is 6.08. The van der Waals surface area contributed by atoms with Crippen molar-refractivity contribution in [2.75, 3.05) is 24.3 Å². The molecule has 4 heteroatoms. The van der Waals surface area contributed by atoms with Crippen molar-refractivity contribution in [1.82, 2.24) is 0 Å². The molecule has 1 N–H and O–H groups in total. The minimum absolute atomic E-state index is 0.365. The van der Waals surface area contributed by atoms with Gasteiger partial charge in [-0.2, -0.15) is 0 Å². The molecule has 0 saturated heterocycles. The third-order valence-corrected chi connectivity index (χ3v) is 4.30. The summed E-state index contributed by atoms with van der Waals surface area (Å²) in [5.41, 5.74) is 3.03. The van der Waals surface area contributed by atoms with Crippen molar-refractivity contribution in [1.29, 1.82) is 0 Å². The van der Waals surface area contributed by atoms with Gasteiger partial charge in [-0.1, -0.05) is 30.3 Å². The fraction of sp³-hybridized carbons (Fsp3) is 0.0952. The van der Waals surface area contributed by atoms with Gasteiger partial charge in [-0.3, -0.25) is 0 Å². The van der Waals surface area contributed by atoms with Crippen LogP contribution in [0.15, 0.2) is 75.9 Å². The summed E-state index contributed by atoms with van der Waals surface area (Å²) in [6, 6.07) is 21.5. The molecule has 1 heterocycles. The highest BCUT2D eigenvalue weighted by Gasteiger charge is 2.09. The van der Waals surface area contributed by atoms with Crippen molar-refractivity contribution in [3.63, 3.8) is 0 Å². The lowest BCUT2D eigenvalue weighted by Gasteiger charge is -2.14. The van der Waals surface area contributed by atoms with Crippen LogP contribution in [-0.2, 0) is 0 Å². The van der Waals surface area contributed by atoms with Crippen LogP contribution >= 0.6 is 0 Å². The lowest BCUT2D eigenvalue weighted by molar-refractivity contribution is 0.565. The number of nitrogens with one attached hydrogen (secondary N) is 1. The summed E-state index contributed by atoms with van der Waals surface area (Å²) in [6.07, 6.45) is 0. The average molecular weight is 330 g/mol. The summed E-state index contributed by atoms with van der Waals surface area (Å²) in [7, 11) is 4.01. The van der Waals surface area contributed by atoms with Gasteiger partial charge in [0.15, 0.2) is 0 Å². The zero-order valence-corrected chi connectivity index (χ0v) is 14.1. The second-order valence-corrected chi connectivity index (χ2v) is 6.21. The van der Waals surface area contributed by atoms with E-state index in [0.29, 0.717) is 5.58 Å². The highest BCUT2D eigenvalue weighted by atomic mass is 16.4. The number of benzene rings is 3. The van der Waals surface area contributed by atoms with E-state index in [1.54, 1.807) is 0 Å². The molecular weight excluding hydrogens is 312 g/mol. The fourth-order valence-electron chi connectivity index (χ4n) is 2.99. The molecule has 0 radical (unpaired) electrons. The zero-order valence-electron chi connectivity index (χ0n) is 14.1. The van der Waals surface area contributed by atoms with Gasteiger partial charge in [0, 0.05) is 42.3 Å². The van der Waals surface area contributed by atoms with Gasteiger partial charge in [-0.15, -0.1) is 0 Å². The molecule has 1 aromatic heterocycles. The molecule has 0 spiro atoms. The second-order valence-electron chi connectivity index (χ2n) is 6.21. The lowest BCUT2D eigenvalue weighted by atomic mass is 10.1. The summed E-state index contributed by atoms with van der Waals surface area (Å²) in [5.74, 6) is 0. The first-order valence-corrected chi connectivity index (χ1v) is 8.12. The Balaban J connectivity index is 1.84. The van der Waals surface area contributed by atoms with Crippen LogP contribution in [0.2, 0.25) is 0 Å². The van der Waals surface area contributed by atoms with Crippen LogP contribution in [0.5, 0.6) is 0 Å². The van der Waals surface area contributed by atoms with E-state index in [1.807, 2.05) is 79.7 Å². The zero-order chi connectivity index (χ0) is 17.4. The van der Waals surface area contributed by atoms with Gasteiger partial charge in [-0.25, -0.2) is 4.79 Å². The van der Waals surface area contributed by atoms with E-state index in [4.69, 9.17) is 4.42 Å². The molecule has 3 aromatic carbocycles. The summed E-state index contributed by atoms with van der Waals surface area (Å²) in [4.78, 5) is 14.1. The van der Waals surface area contributed by atoms with Gasteiger partial charge < -0.3 is 14.6 Å². The van der Waals surface area contributed by atoms with Crippen LogP contribution in [0.3, 0.4) is 0 Å². The summed E-state index contributed by atoms with van der Waals surface area (Å²) in [5, 5.41) is 6.21. The van der Waals surface area contributed by atoms with Crippen LogP contribution in [0.25, 0.3) is 21.7 Å². The third kappa shape index (κ3) is 2.83. The molecule has 124 valence electrons. The number of anilines is 3. The molecule has 25 heavy (non-hydrogen) atoms. The Morgan fingerprint density at radius 1 is 0.880 bits per heavy atom. The van der Waals surface area contributed by atoms with Crippen LogP contribution in [-0.4, -0.2) is 14.1 Å². The Kier molecular flexibility index (Phi) is 3.65. The van der Waals surface area contributed by atoms with Crippen molar-refractivity contribution >= 4 is 38.8 Å². The summed E-state index contributed by atoms with van der Waals surface area (Å²) < 4.78 is 5.50. The van der Waals surface area contributed by atoms with Crippen LogP contribution in [0, 0.1) is 0 Å². The topological polar surface area (TPSA) is 45.5 Å². The second kappa shape index (κ2) is 5.98. The molecule has 0 aliphatic carbocycles. The maximum atomic E-state index is 12.1. The maximum Gasteiger partial charge on any atom is 0.338 e. The predicted octanol–water partition coefficient (Wildman–Crippen LogP) is 4.76. The Morgan fingerprint density at radius 2 is 1.64 bits per heavy atom. The lowest BCUT2D eigenvalue weighted by Crippen LogP contribution is -2.08. The number of nitrogens with zero attached hydrogens (tertiary/aromatic N) is 1. The van der Waals surface area contributed by atoms with Crippen molar-refractivity contribution in [3.8, 4) is 0 Å². The Bertz CT molecular complexity index is 1110.